The van der Waals surface area contributed by atoms with Gasteiger partial charge in [-0.3, -0.25) is 9.55 Å². The Bertz CT molecular complexity index is 901. The van der Waals surface area contributed by atoms with Crippen molar-refractivity contribution in [2.45, 2.75) is 53.8 Å². The van der Waals surface area contributed by atoms with E-state index >= 15 is 0 Å². The van der Waals surface area contributed by atoms with E-state index in [1.807, 2.05) is 12.1 Å². The van der Waals surface area contributed by atoms with Gasteiger partial charge in [-0.25, -0.2) is 4.98 Å². The second-order valence-electron chi connectivity index (χ2n) is 6.30. The van der Waals surface area contributed by atoms with Crippen LogP contribution in [0.5, 0.6) is 0 Å². The molecule has 0 bridgehead atoms. The first kappa shape index (κ1) is 18.4. The van der Waals surface area contributed by atoms with E-state index in [-0.39, 0.29) is 6.04 Å². The van der Waals surface area contributed by atoms with Crippen molar-refractivity contribution >= 4 is 23.1 Å². The van der Waals surface area contributed by atoms with Crippen LogP contribution in [-0.2, 0) is 6.18 Å². The molecule has 3 heterocycles. The van der Waals surface area contributed by atoms with Gasteiger partial charge in [-0.1, -0.05) is 19.3 Å². The lowest BCUT2D eigenvalue weighted by Gasteiger charge is -2.25. The number of rotatable bonds is 4. The lowest BCUT2D eigenvalue weighted by molar-refractivity contribution is -0.141. The first-order chi connectivity index (χ1) is 13.0. The standard InChI is InChI=1S/C17H16F3N5S2/c18-17(19,20)13-10-26-16(22-13)27-15-24-23-14(11-6-8-21-9-7-11)25(15)12-4-2-1-3-5-12/h6-10,12H,1-5H2. The molecule has 0 aromatic carbocycles. The van der Waals surface area contributed by atoms with Crippen molar-refractivity contribution in [2.75, 3.05) is 0 Å². The first-order valence-electron chi connectivity index (χ1n) is 8.58. The Labute approximate surface area is 162 Å². The van der Waals surface area contributed by atoms with Crippen molar-refractivity contribution in [2.24, 2.45) is 0 Å². The van der Waals surface area contributed by atoms with Gasteiger partial charge in [-0.15, -0.1) is 21.5 Å². The molecular formula is C17H16F3N5S2. The normalized spacial score (nSPS) is 16.0. The maximum Gasteiger partial charge on any atom is 0.434 e. The van der Waals surface area contributed by atoms with Crippen LogP contribution in [0.2, 0.25) is 0 Å². The van der Waals surface area contributed by atoms with Crippen LogP contribution in [0.25, 0.3) is 11.4 Å². The van der Waals surface area contributed by atoms with E-state index in [9.17, 15) is 13.2 Å². The van der Waals surface area contributed by atoms with E-state index in [4.69, 9.17) is 0 Å². The second-order valence-corrected chi connectivity index (χ2v) is 8.37. The summed E-state index contributed by atoms with van der Waals surface area (Å²) >= 11 is 2.11. The lowest BCUT2D eigenvalue weighted by atomic mass is 9.95. The zero-order valence-corrected chi connectivity index (χ0v) is 15.8. The molecule has 10 heteroatoms. The quantitative estimate of drug-likeness (QED) is 0.570. The Kier molecular flexibility index (Phi) is 5.18. The summed E-state index contributed by atoms with van der Waals surface area (Å²) in [6.45, 7) is 0. The highest BCUT2D eigenvalue weighted by Crippen LogP contribution is 2.39. The minimum absolute atomic E-state index is 0.237. The third-order valence-electron chi connectivity index (χ3n) is 4.50. The van der Waals surface area contributed by atoms with E-state index in [2.05, 4.69) is 24.7 Å². The van der Waals surface area contributed by atoms with Gasteiger partial charge in [0.2, 0.25) is 0 Å². The lowest BCUT2D eigenvalue weighted by Crippen LogP contribution is -2.15. The predicted octanol–water partition coefficient (Wildman–Crippen LogP) is 5.47. The van der Waals surface area contributed by atoms with Crippen LogP contribution in [0, 0.1) is 0 Å². The van der Waals surface area contributed by atoms with E-state index < -0.39 is 11.9 Å². The summed E-state index contributed by atoms with van der Waals surface area (Å²) in [7, 11) is 0. The summed E-state index contributed by atoms with van der Waals surface area (Å²) in [5, 5.41) is 10.2. The van der Waals surface area contributed by atoms with E-state index in [1.165, 1.54) is 6.42 Å². The van der Waals surface area contributed by atoms with Crippen LogP contribution in [-0.4, -0.2) is 24.7 Å². The highest BCUT2D eigenvalue weighted by molar-refractivity contribution is 8.00. The monoisotopic (exact) mass is 411 g/mol. The summed E-state index contributed by atoms with van der Waals surface area (Å²) in [6.07, 6.45) is 4.42. The van der Waals surface area contributed by atoms with Gasteiger partial charge >= 0.3 is 6.18 Å². The van der Waals surface area contributed by atoms with E-state index in [0.717, 1.165) is 65.5 Å². The van der Waals surface area contributed by atoms with Crippen molar-refractivity contribution in [3.63, 3.8) is 0 Å². The Hall–Kier alpha value is -1.94. The predicted molar refractivity (Wildman–Crippen MR) is 96.6 cm³/mol. The van der Waals surface area contributed by atoms with Gasteiger partial charge in [0, 0.05) is 29.4 Å². The van der Waals surface area contributed by atoms with Crippen LogP contribution in [0.15, 0.2) is 39.4 Å². The molecule has 0 unspecified atom stereocenters. The van der Waals surface area contributed by atoms with Gasteiger partial charge in [0.05, 0.1) is 0 Å². The number of hydrogen-bond donors (Lipinski definition) is 0. The molecule has 1 saturated carbocycles. The summed E-state index contributed by atoms with van der Waals surface area (Å²) in [5.41, 5.74) is 0.0260. The van der Waals surface area contributed by atoms with Crippen LogP contribution < -0.4 is 0 Å². The van der Waals surface area contributed by atoms with Crippen LogP contribution in [0.1, 0.15) is 43.8 Å². The third-order valence-corrected chi connectivity index (χ3v) is 6.39. The highest BCUT2D eigenvalue weighted by atomic mass is 32.2. The van der Waals surface area contributed by atoms with E-state index in [1.54, 1.807) is 12.4 Å². The fourth-order valence-corrected chi connectivity index (χ4v) is 5.05. The Morgan fingerprint density at radius 2 is 1.81 bits per heavy atom. The topological polar surface area (TPSA) is 56.5 Å². The van der Waals surface area contributed by atoms with Crippen LogP contribution in [0.4, 0.5) is 13.2 Å². The summed E-state index contributed by atoms with van der Waals surface area (Å²) in [6, 6.07) is 3.97. The maximum atomic E-state index is 12.8. The number of aromatic nitrogens is 5. The van der Waals surface area contributed by atoms with Crippen LogP contribution in [0.3, 0.4) is 0 Å². The molecule has 0 radical (unpaired) electrons. The number of nitrogens with zero attached hydrogens (tertiary/aromatic N) is 5. The van der Waals surface area contributed by atoms with Crippen molar-refractivity contribution in [1.29, 1.82) is 0 Å². The van der Waals surface area contributed by atoms with Gasteiger partial charge in [0.1, 0.15) is 0 Å². The van der Waals surface area contributed by atoms with Crippen molar-refractivity contribution in [3.8, 4) is 11.4 Å². The summed E-state index contributed by atoms with van der Waals surface area (Å²) in [5.74, 6) is 0.722. The molecule has 4 rings (SSSR count). The molecule has 5 nitrogen and oxygen atoms in total. The number of hydrogen-bond acceptors (Lipinski definition) is 6. The molecule has 0 atom stereocenters. The largest absolute Gasteiger partial charge is 0.434 e. The number of halogens is 3. The van der Waals surface area contributed by atoms with Gasteiger partial charge in [-0.05, 0) is 36.7 Å². The molecule has 0 amide bonds. The number of pyridine rings is 1. The Balaban J connectivity index is 1.70. The third kappa shape index (κ3) is 4.01. The fraction of sp³-hybridized carbons (Fsp3) is 0.412. The molecule has 1 fully saturated rings. The van der Waals surface area contributed by atoms with Crippen molar-refractivity contribution in [1.82, 2.24) is 24.7 Å². The first-order valence-corrected chi connectivity index (χ1v) is 10.3. The van der Waals surface area contributed by atoms with Gasteiger partial charge in [0.15, 0.2) is 21.0 Å². The zero-order chi connectivity index (χ0) is 18.9. The van der Waals surface area contributed by atoms with Crippen LogP contribution >= 0.6 is 23.1 Å². The number of alkyl halides is 3. The van der Waals surface area contributed by atoms with Crippen molar-refractivity contribution < 1.29 is 13.2 Å². The number of thiazole rings is 1. The molecule has 1 aliphatic carbocycles. The molecular weight excluding hydrogens is 395 g/mol. The average Bonchev–Trinajstić information content (AvgIpc) is 3.31. The summed E-state index contributed by atoms with van der Waals surface area (Å²) in [4.78, 5) is 7.75. The highest BCUT2D eigenvalue weighted by Gasteiger charge is 2.34. The Morgan fingerprint density at radius 1 is 1.07 bits per heavy atom. The molecule has 3 aromatic rings. The average molecular weight is 411 g/mol. The molecule has 1 aliphatic rings. The molecule has 27 heavy (non-hydrogen) atoms. The molecule has 3 aromatic heterocycles. The van der Waals surface area contributed by atoms with Gasteiger partial charge in [-0.2, -0.15) is 13.2 Å². The Morgan fingerprint density at radius 3 is 2.48 bits per heavy atom. The molecule has 0 N–H and O–H groups in total. The minimum atomic E-state index is -4.44. The van der Waals surface area contributed by atoms with Gasteiger partial charge in [0.25, 0.3) is 0 Å². The SMILES string of the molecule is FC(F)(F)c1csc(Sc2nnc(-c3ccncc3)n2C2CCCCC2)n1. The maximum absolute atomic E-state index is 12.8. The summed E-state index contributed by atoms with van der Waals surface area (Å²) < 4.78 is 40.9. The fourth-order valence-electron chi connectivity index (χ4n) is 3.23. The van der Waals surface area contributed by atoms with Crippen molar-refractivity contribution in [3.05, 3.63) is 35.6 Å². The van der Waals surface area contributed by atoms with E-state index in [0.29, 0.717) is 9.50 Å². The molecule has 0 saturated heterocycles. The van der Waals surface area contributed by atoms with Gasteiger partial charge < -0.3 is 0 Å². The minimum Gasteiger partial charge on any atom is -0.299 e. The molecule has 0 aliphatic heterocycles. The zero-order valence-electron chi connectivity index (χ0n) is 14.2. The second kappa shape index (κ2) is 7.59. The smallest absolute Gasteiger partial charge is 0.299 e. The molecule has 142 valence electrons. The molecule has 0 spiro atoms.